The first-order chi connectivity index (χ1) is 9.11. The van der Waals surface area contributed by atoms with Crippen LogP contribution in [0.4, 0.5) is 0 Å². The monoisotopic (exact) mass is 265 g/mol. The first-order valence-electron chi connectivity index (χ1n) is 5.93. The van der Waals surface area contributed by atoms with E-state index in [0.717, 1.165) is 0 Å². The predicted molar refractivity (Wildman–Crippen MR) is 65.6 cm³/mol. The molecule has 0 radical (unpaired) electrons. The number of carboxylic acid groups (broad SMARTS) is 1. The van der Waals surface area contributed by atoms with Gasteiger partial charge in [-0.3, -0.25) is 9.59 Å². The summed E-state index contributed by atoms with van der Waals surface area (Å²) in [5.41, 5.74) is 1.14. The Morgan fingerprint density at radius 3 is 2.53 bits per heavy atom. The summed E-state index contributed by atoms with van der Waals surface area (Å²) in [6, 6.07) is 5.96. The number of aliphatic hydroxyl groups is 1. The Labute approximate surface area is 110 Å². The number of carbonyl (C=O) groups excluding carboxylic acids is 1. The van der Waals surface area contributed by atoms with Gasteiger partial charge in [-0.25, -0.2) is 0 Å². The Bertz CT molecular complexity index is 470. The van der Waals surface area contributed by atoms with Crippen LogP contribution in [-0.4, -0.2) is 41.3 Å². The highest BCUT2D eigenvalue weighted by Crippen LogP contribution is 2.15. The second kappa shape index (κ2) is 5.81. The van der Waals surface area contributed by atoms with Crippen LogP contribution in [0.1, 0.15) is 15.9 Å². The zero-order valence-corrected chi connectivity index (χ0v) is 10.2. The molecule has 1 saturated heterocycles. The Morgan fingerprint density at radius 2 is 1.95 bits per heavy atom. The van der Waals surface area contributed by atoms with Crippen LogP contribution in [-0.2, 0) is 16.1 Å². The van der Waals surface area contributed by atoms with Crippen molar-refractivity contribution >= 4 is 11.9 Å². The topological polar surface area (TPSA) is 95.9 Å². The lowest BCUT2D eigenvalue weighted by Crippen LogP contribution is -2.42. The molecule has 1 heterocycles. The Balaban J connectivity index is 2.01. The quantitative estimate of drug-likeness (QED) is 0.712. The maximum absolute atomic E-state index is 11.9. The maximum atomic E-state index is 11.9. The van der Waals surface area contributed by atoms with E-state index in [1.807, 2.05) is 0 Å². The fourth-order valence-electron chi connectivity index (χ4n) is 1.95. The minimum absolute atomic E-state index is 0.0839. The summed E-state index contributed by atoms with van der Waals surface area (Å²) >= 11 is 0. The van der Waals surface area contributed by atoms with Gasteiger partial charge >= 0.3 is 5.97 Å². The van der Waals surface area contributed by atoms with E-state index in [0.29, 0.717) is 11.1 Å². The van der Waals surface area contributed by atoms with Gasteiger partial charge in [0.1, 0.15) is 5.92 Å². The standard InChI is InChI=1S/C13H15NO5/c15-5-8-1-3-9(4-2-8)12(16)14-11-7-19-6-10(11)13(17)18/h1-4,10-11,15H,5-7H2,(H,14,16)(H,17,18). The lowest BCUT2D eigenvalue weighted by Gasteiger charge is -2.15. The molecule has 2 atom stereocenters. The SMILES string of the molecule is O=C(NC1COCC1C(=O)O)c1ccc(CO)cc1. The number of amides is 1. The van der Waals surface area contributed by atoms with Crippen LogP contribution in [0.5, 0.6) is 0 Å². The minimum Gasteiger partial charge on any atom is -0.481 e. The molecule has 0 aliphatic carbocycles. The number of rotatable bonds is 4. The Morgan fingerprint density at radius 1 is 1.26 bits per heavy atom. The van der Waals surface area contributed by atoms with Crippen LogP contribution in [0, 0.1) is 5.92 Å². The molecule has 0 saturated carbocycles. The predicted octanol–water partition coefficient (Wildman–Crippen LogP) is 0.00830. The third kappa shape index (κ3) is 3.10. The fourth-order valence-corrected chi connectivity index (χ4v) is 1.95. The largest absolute Gasteiger partial charge is 0.481 e. The van der Waals surface area contributed by atoms with Crippen molar-refractivity contribution in [3.8, 4) is 0 Å². The summed E-state index contributed by atoms with van der Waals surface area (Å²) in [6.07, 6.45) is 0. The first-order valence-corrected chi connectivity index (χ1v) is 5.93. The molecule has 102 valence electrons. The third-order valence-electron chi connectivity index (χ3n) is 3.11. The van der Waals surface area contributed by atoms with Gasteiger partial charge in [0.25, 0.3) is 5.91 Å². The van der Waals surface area contributed by atoms with Gasteiger partial charge in [-0.1, -0.05) is 12.1 Å². The van der Waals surface area contributed by atoms with Crippen molar-refractivity contribution in [1.82, 2.24) is 5.32 Å². The Kier molecular flexibility index (Phi) is 4.13. The van der Waals surface area contributed by atoms with E-state index >= 15 is 0 Å². The molecular weight excluding hydrogens is 250 g/mol. The minimum atomic E-state index is -0.974. The van der Waals surface area contributed by atoms with Gasteiger partial charge in [0.05, 0.1) is 25.9 Å². The Hall–Kier alpha value is -1.92. The maximum Gasteiger partial charge on any atom is 0.311 e. The number of ether oxygens (including phenoxy) is 1. The fraction of sp³-hybridized carbons (Fsp3) is 0.385. The van der Waals surface area contributed by atoms with Crippen LogP contribution in [0.3, 0.4) is 0 Å². The molecular formula is C13H15NO5. The molecule has 1 fully saturated rings. The number of hydrogen-bond donors (Lipinski definition) is 3. The van der Waals surface area contributed by atoms with Crippen molar-refractivity contribution < 1.29 is 24.5 Å². The molecule has 1 aliphatic rings. The van der Waals surface area contributed by atoms with E-state index in [9.17, 15) is 9.59 Å². The van der Waals surface area contributed by atoms with Gasteiger partial charge in [-0.05, 0) is 17.7 Å². The van der Waals surface area contributed by atoms with Crippen LogP contribution in [0.25, 0.3) is 0 Å². The van der Waals surface area contributed by atoms with Crippen LogP contribution < -0.4 is 5.32 Å². The molecule has 6 heteroatoms. The lowest BCUT2D eigenvalue weighted by atomic mass is 10.0. The van der Waals surface area contributed by atoms with Gasteiger partial charge < -0.3 is 20.3 Å². The van der Waals surface area contributed by atoms with Gasteiger partial charge in [-0.15, -0.1) is 0 Å². The summed E-state index contributed by atoms with van der Waals surface area (Å²) in [6.45, 7) is 0.237. The molecule has 0 spiro atoms. The molecule has 2 unspecified atom stereocenters. The van der Waals surface area contributed by atoms with Crippen molar-refractivity contribution in [3.63, 3.8) is 0 Å². The molecule has 1 aliphatic heterocycles. The normalized spacial score (nSPS) is 22.2. The highest BCUT2D eigenvalue weighted by Gasteiger charge is 2.35. The first kappa shape index (κ1) is 13.5. The number of carbonyl (C=O) groups is 2. The van der Waals surface area contributed by atoms with Crippen LogP contribution >= 0.6 is 0 Å². The van der Waals surface area contributed by atoms with E-state index in [2.05, 4.69) is 5.32 Å². The molecule has 0 bridgehead atoms. The number of benzene rings is 1. The number of carboxylic acids is 1. The molecule has 19 heavy (non-hydrogen) atoms. The summed E-state index contributed by atoms with van der Waals surface area (Å²) in [5.74, 6) is -2.02. The summed E-state index contributed by atoms with van der Waals surface area (Å²) < 4.78 is 5.08. The van der Waals surface area contributed by atoms with Gasteiger partial charge in [0, 0.05) is 5.56 Å². The van der Waals surface area contributed by atoms with Crippen molar-refractivity contribution in [2.24, 2.45) is 5.92 Å². The molecule has 6 nitrogen and oxygen atoms in total. The van der Waals surface area contributed by atoms with Gasteiger partial charge in [-0.2, -0.15) is 0 Å². The van der Waals surface area contributed by atoms with Gasteiger partial charge in [0.2, 0.25) is 0 Å². The highest BCUT2D eigenvalue weighted by atomic mass is 16.5. The second-order valence-electron chi connectivity index (χ2n) is 4.42. The van der Waals surface area contributed by atoms with E-state index in [1.54, 1.807) is 24.3 Å². The van der Waals surface area contributed by atoms with Gasteiger partial charge in [0.15, 0.2) is 0 Å². The van der Waals surface area contributed by atoms with Crippen molar-refractivity contribution in [2.45, 2.75) is 12.6 Å². The number of nitrogens with one attached hydrogen (secondary N) is 1. The lowest BCUT2D eigenvalue weighted by molar-refractivity contribution is -0.142. The zero-order chi connectivity index (χ0) is 13.8. The zero-order valence-electron chi connectivity index (χ0n) is 10.2. The van der Waals surface area contributed by atoms with Crippen LogP contribution in [0.2, 0.25) is 0 Å². The van der Waals surface area contributed by atoms with E-state index in [4.69, 9.17) is 14.9 Å². The molecule has 2 rings (SSSR count). The van der Waals surface area contributed by atoms with E-state index in [-0.39, 0.29) is 25.7 Å². The van der Waals surface area contributed by atoms with E-state index < -0.39 is 17.9 Å². The van der Waals surface area contributed by atoms with E-state index in [1.165, 1.54) is 0 Å². The summed E-state index contributed by atoms with van der Waals surface area (Å²) in [5, 5.41) is 20.5. The van der Waals surface area contributed by atoms with Crippen molar-refractivity contribution in [1.29, 1.82) is 0 Å². The number of aliphatic carboxylic acids is 1. The summed E-state index contributed by atoms with van der Waals surface area (Å²) in [4.78, 5) is 22.9. The molecule has 1 amide bonds. The van der Waals surface area contributed by atoms with Crippen molar-refractivity contribution in [2.75, 3.05) is 13.2 Å². The van der Waals surface area contributed by atoms with Crippen LogP contribution in [0.15, 0.2) is 24.3 Å². The third-order valence-corrected chi connectivity index (χ3v) is 3.11. The average molecular weight is 265 g/mol. The number of aliphatic hydroxyl groups excluding tert-OH is 1. The van der Waals surface area contributed by atoms with Crippen molar-refractivity contribution in [3.05, 3.63) is 35.4 Å². The summed E-state index contributed by atoms with van der Waals surface area (Å²) in [7, 11) is 0. The smallest absolute Gasteiger partial charge is 0.311 e. The highest BCUT2D eigenvalue weighted by molar-refractivity contribution is 5.94. The average Bonchev–Trinajstić information content (AvgIpc) is 2.87. The molecule has 1 aromatic carbocycles. The molecule has 1 aromatic rings. The molecule has 0 aromatic heterocycles. The second-order valence-corrected chi connectivity index (χ2v) is 4.42. The molecule has 3 N–H and O–H groups in total. The number of hydrogen-bond acceptors (Lipinski definition) is 4.